The summed E-state index contributed by atoms with van der Waals surface area (Å²) in [6.07, 6.45) is 6.68. The third-order valence-electron chi connectivity index (χ3n) is 4.16. The molecule has 1 amide bonds. The number of thiazole rings is 1. The lowest BCUT2D eigenvalue weighted by atomic mass is 10.2. The summed E-state index contributed by atoms with van der Waals surface area (Å²) >= 11 is 2.76. The van der Waals surface area contributed by atoms with E-state index in [2.05, 4.69) is 10.9 Å². The van der Waals surface area contributed by atoms with E-state index in [1.165, 1.54) is 28.5 Å². The van der Waals surface area contributed by atoms with Gasteiger partial charge >= 0.3 is 5.97 Å². The first kappa shape index (κ1) is 19.3. The van der Waals surface area contributed by atoms with Crippen LogP contribution in [0.1, 0.15) is 28.9 Å². The average molecular weight is 402 g/mol. The number of carboxylic acids is 1. The SMILES string of the molecule is C#Cc1cccc(OCC2CCC(=O)N2CCSc2nc(C(=O)O)cs2)c1. The molecule has 8 heteroatoms. The number of amides is 1. The number of terminal acetylenes is 1. The number of rotatable bonds is 8. The van der Waals surface area contributed by atoms with E-state index in [-0.39, 0.29) is 17.6 Å². The van der Waals surface area contributed by atoms with E-state index in [1.807, 2.05) is 23.1 Å². The third-order valence-corrected chi connectivity index (χ3v) is 6.16. The second-order valence-corrected chi connectivity index (χ2v) is 8.12. The van der Waals surface area contributed by atoms with Crippen LogP contribution in [0.15, 0.2) is 34.0 Å². The maximum absolute atomic E-state index is 12.2. The van der Waals surface area contributed by atoms with Crippen molar-refractivity contribution in [1.82, 2.24) is 9.88 Å². The van der Waals surface area contributed by atoms with Crippen LogP contribution >= 0.6 is 23.1 Å². The van der Waals surface area contributed by atoms with Crippen LogP contribution in [0, 0.1) is 12.3 Å². The molecule has 1 aromatic carbocycles. The largest absolute Gasteiger partial charge is 0.491 e. The highest BCUT2D eigenvalue weighted by Gasteiger charge is 2.31. The summed E-state index contributed by atoms with van der Waals surface area (Å²) < 4.78 is 6.53. The number of aromatic nitrogens is 1. The van der Waals surface area contributed by atoms with Gasteiger partial charge in [0.15, 0.2) is 10.0 Å². The molecule has 2 aromatic rings. The predicted molar refractivity (Wildman–Crippen MR) is 104 cm³/mol. The zero-order valence-corrected chi connectivity index (χ0v) is 16.1. The number of thioether (sulfide) groups is 1. The smallest absolute Gasteiger partial charge is 0.355 e. The number of nitrogens with zero attached hydrogens (tertiary/aromatic N) is 2. The molecule has 1 unspecified atom stereocenters. The number of hydrogen-bond donors (Lipinski definition) is 1. The van der Waals surface area contributed by atoms with Crippen LogP contribution in [-0.4, -0.2) is 51.8 Å². The lowest BCUT2D eigenvalue weighted by molar-refractivity contribution is -0.129. The van der Waals surface area contributed by atoms with Gasteiger partial charge in [0.05, 0.1) is 6.04 Å². The summed E-state index contributed by atoms with van der Waals surface area (Å²) in [6, 6.07) is 7.36. The van der Waals surface area contributed by atoms with Crippen molar-refractivity contribution in [1.29, 1.82) is 0 Å². The molecule has 0 spiro atoms. The van der Waals surface area contributed by atoms with E-state index in [0.29, 0.717) is 35.4 Å². The first-order chi connectivity index (χ1) is 13.1. The molecule has 1 aliphatic heterocycles. The van der Waals surface area contributed by atoms with Gasteiger partial charge in [-0.1, -0.05) is 23.7 Å². The molecule has 0 bridgehead atoms. The minimum absolute atomic E-state index is 0.0264. The number of carboxylic acid groups (broad SMARTS) is 1. The van der Waals surface area contributed by atoms with E-state index < -0.39 is 5.97 Å². The Morgan fingerprint density at radius 2 is 2.37 bits per heavy atom. The molecular formula is C19H18N2O4S2. The van der Waals surface area contributed by atoms with Gasteiger partial charge in [0.2, 0.25) is 5.91 Å². The van der Waals surface area contributed by atoms with Gasteiger partial charge in [-0.3, -0.25) is 4.79 Å². The molecule has 3 rings (SSSR count). The Morgan fingerprint density at radius 3 is 3.11 bits per heavy atom. The second-order valence-electron chi connectivity index (χ2n) is 5.92. The van der Waals surface area contributed by atoms with E-state index >= 15 is 0 Å². The fourth-order valence-electron chi connectivity index (χ4n) is 2.79. The normalized spacial score (nSPS) is 16.3. The molecule has 27 heavy (non-hydrogen) atoms. The predicted octanol–water partition coefficient (Wildman–Crippen LogP) is 2.98. The van der Waals surface area contributed by atoms with Gasteiger partial charge in [0.1, 0.15) is 12.4 Å². The summed E-state index contributed by atoms with van der Waals surface area (Å²) in [5.74, 6) is 3.01. The maximum Gasteiger partial charge on any atom is 0.355 e. The van der Waals surface area contributed by atoms with Gasteiger partial charge < -0.3 is 14.7 Å². The quantitative estimate of drug-likeness (QED) is 0.540. The van der Waals surface area contributed by atoms with Crippen molar-refractivity contribution in [2.75, 3.05) is 18.9 Å². The number of benzene rings is 1. The maximum atomic E-state index is 12.2. The van der Waals surface area contributed by atoms with E-state index in [1.54, 1.807) is 6.07 Å². The second kappa shape index (κ2) is 8.93. The van der Waals surface area contributed by atoms with Crippen molar-refractivity contribution >= 4 is 35.0 Å². The van der Waals surface area contributed by atoms with Crippen LogP contribution < -0.4 is 4.74 Å². The highest BCUT2D eigenvalue weighted by Crippen LogP contribution is 2.25. The number of ether oxygens (including phenoxy) is 1. The minimum atomic E-state index is -1.03. The zero-order chi connectivity index (χ0) is 19.2. The summed E-state index contributed by atoms with van der Waals surface area (Å²) in [6.45, 7) is 0.995. The molecule has 0 aliphatic carbocycles. The molecule has 1 aliphatic rings. The Morgan fingerprint density at radius 1 is 1.52 bits per heavy atom. The molecule has 1 saturated heterocycles. The van der Waals surface area contributed by atoms with E-state index in [0.717, 1.165) is 12.0 Å². The van der Waals surface area contributed by atoms with Crippen LogP contribution in [0.2, 0.25) is 0 Å². The Kier molecular flexibility index (Phi) is 6.37. The highest BCUT2D eigenvalue weighted by atomic mass is 32.2. The van der Waals surface area contributed by atoms with Gasteiger partial charge in [-0.25, -0.2) is 9.78 Å². The zero-order valence-electron chi connectivity index (χ0n) is 14.5. The standard InChI is InChI=1S/C19H18N2O4S2/c1-2-13-4-3-5-15(10-13)25-11-14-6-7-17(22)21(14)8-9-26-19-20-16(12-27-19)18(23)24/h1,3-5,10,12,14H,6-9,11H2,(H,23,24). The Labute approximate surface area is 165 Å². The summed E-state index contributed by atoms with van der Waals surface area (Å²) in [5, 5.41) is 10.4. The van der Waals surface area contributed by atoms with Crippen molar-refractivity contribution in [2.24, 2.45) is 0 Å². The van der Waals surface area contributed by atoms with Crippen molar-refractivity contribution in [3.63, 3.8) is 0 Å². The fraction of sp³-hybridized carbons (Fsp3) is 0.316. The van der Waals surface area contributed by atoms with Crippen LogP contribution in [0.25, 0.3) is 0 Å². The molecule has 1 fully saturated rings. The molecule has 140 valence electrons. The summed E-state index contributed by atoms with van der Waals surface area (Å²) in [7, 11) is 0. The van der Waals surface area contributed by atoms with Gasteiger partial charge in [-0.15, -0.1) is 17.8 Å². The summed E-state index contributed by atoms with van der Waals surface area (Å²) in [5.41, 5.74) is 0.813. The van der Waals surface area contributed by atoms with Crippen molar-refractivity contribution < 1.29 is 19.4 Å². The molecule has 1 atom stereocenters. The number of carbonyl (C=O) groups excluding carboxylic acids is 1. The molecule has 0 saturated carbocycles. The molecular weight excluding hydrogens is 384 g/mol. The highest BCUT2D eigenvalue weighted by molar-refractivity contribution is 8.01. The topological polar surface area (TPSA) is 79.7 Å². The molecule has 1 aromatic heterocycles. The van der Waals surface area contributed by atoms with E-state index in [4.69, 9.17) is 16.3 Å². The Bertz CT molecular complexity index is 875. The third kappa shape index (κ3) is 5.02. The van der Waals surface area contributed by atoms with Gasteiger partial charge in [0, 0.05) is 29.7 Å². The fourth-order valence-corrected chi connectivity index (χ4v) is 4.60. The number of likely N-dealkylation sites (tertiary alicyclic amines) is 1. The monoisotopic (exact) mass is 402 g/mol. The molecule has 6 nitrogen and oxygen atoms in total. The Hall–Kier alpha value is -2.50. The van der Waals surface area contributed by atoms with Gasteiger partial charge in [-0.05, 0) is 24.6 Å². The average Bonchev–Trinajstić information content (AvgIpc) is 3.28. The van der Waals surface area contributed by atoms with Crippen molar-refractivity contribution in [3.05, 3.63) is 40.9 Å². The van der Waals surface area contributed by atoms with Crippen molar-refractivity contribution in [3.8, 4) is 18.1 Å². The lowest BCUT2D eigenvalue weighted by Crippen LogP contribution is -2.38. The van der Waals surface area contributed by atoms with Crippen LogP contribution in [-0.2, 0) is 4.79 Å². The van der Waals surface area contributed by atoms with Gasteiger partial charge in [0.25, 0.3) is 0 Å². The first-order valence-electron chi connectivity index (χ1n) is 8.37. The molecule has 0 radical (unpaired) electrons. The Balaban J connectivity index is 1.51. The van der Waals surface area contributed by atoms with Gasteiger partial charge in [-0.2, -0.15) is 0 Å². The summed E-state index contributed by atoms with van der Waals surface area (Å²) in [4.78, 5) is 28.9. The number of hydrogen-bond acceptors (Lipinski definition) is 6. The number of aromatic carboxylic acids is 1. The first-order valence-corrected chi connectivity index (χ1v) is 10.2. The van der Waals surface area contributed by atoms with Crippen LogP contribution in [0.5, 0.6) is 5.75 Å². The molecule has 1 N–H and O–H groups in total. The van der Waals surface area contributed by atoms with Crippen LogP contribution in [0.3, 0.4) is 0 Å². The minimum Gasteiger partial charge on any atom is -0.491 e. The lowest BCUT2D eigenvalue weighted by Gasteiger charge is -2.24. The number of carbonyl (C=O) groups is 2. The van der Waals surface area contributed by atoms with Crippen molar-refractivity contribution in [2.45, 2.75) is 23.2 Å². The molecule has 2 heterocycles. The van der Waals surface area contributed by atoms with Crippen LogP contribution in [0.4, 0.5) is 0 Å². The van der Waals surface area contributed by atoms with E-state index in [9.17, 15) is 9.59 Å².